The number of likely N-dealkylation sites (tertiary alicyclic amines) is 1. The van der Waals surface area contributed by atoms with Crippen molar-refractivity contribution in [2.24, 2.45) is 5.92 Å². The maximum atomic E-state index is 13.9. The van der Waals surface area contributed by atoms with E-state index in [1.165, 1.54) is 13.0 Å². The van der Waals surface area contributed by atoms with E-state index in [0.29, 0.717) is 24.3 Å². The van der Waals surface area contributed by atoms with E-state index >= 15 is 0 Å². The number of benzene rings is 2. The first-order chi connectivity index (χ1) is 17.2. The van der Waals surface area contributed by atoms with Crippen LogP contribution in [0.3, 0.4) is 0 Å². The van der Waals surface area contributed by atoms with Crippen LogP contribution in [0.25, 0.3) is 10.9 Å². The first kappa shape index (κ1) is 26.7. The van der Waals surface area contributed by atoms with Gasteiger partial charge in [0.2, 0.25) is 0 Å². The highest BCUT2D eigenvalue weighted by molar-refractivity contribution is 5.94. The number of nitrogens with zero attached hydrogens (tertiary/aromatic N) is 2. The molecule has 37 heavy (non-hydrogen) atoms. The SMILES string of the molecule is Cc1nc2cc(C(F)(F)F)c(C(C)Nc3ccc(C(=O)N4CCCC(C(C)(C)O)C4)cc3)cc2c(=O)[nH]1. The number of alkyl halides is 3. The van der Waals surface area contributed by atoms with Gasteiger partial charge in [0, 0.05) is 36.3 Å². The smallest absolute Gasteiger partial charge is 0.390 e. The van der Waals surface area contributed by atoms with E-state index in [9.17, 15) is 27.9 Å². The molecule has 2 atom stereocenters. The van der Waals surface area contributed by atoms with Crippen LogP contribution in [-0.4, -0.2) is 44.6 Å². The predicted octanol–water partition coefficient (Wildman–Crippen LogP) is 5.05. The zero-order valence-corrected chi connectivity index (χ0v) is 21.2. The Morgan fingerprint density at radius 1 is 1.22 bits per heavy atom. The summed E-state index contributed by atoms with van der Waals surface area (Å²) < 4.78 is 41.7. The van der Waals surface area contributed by atoms with Crippen LogP contribution in [0.4, 0.5) is 18.9 Å². The average Bonchev–Trinajstić information content (AvgIpc) is 2.82. The van der Waals surface area contributed by atoms with Gasteiger partial charge in [-0.3, -0.25) is 9.59 Å². The fraction of sp³-hybridized carbons (Fsp3) is 0.444. The Labute approximate surface area is 212 Å². The van der Waals surface area contributed by atoms with Gasteiger partial charge in [0.05, 0.1) is 22.1 Å². The summed E-state index contributed by atoms with van der Waals surface area (Å²) in [7, 11) is 0. The van der Waals surface area contributed by atoms with E-state index in [0.717, 1.165) is 18.9 Å². The molecule has 1 aliphatic heterocycles. The monoisotopic (exact) mass is 516 g/mol. The maximum absolute atomic E-state index is 13.9. The van der Waals surface area contributed by atoms with Crippen molar-refractivity contribution < 1.29 is 23.1 Å². The average molecular weight is 517 g/mol. The molecular weight excluding hydrogens is 485 g/mol. The molecule has 7 nitrogen and oxygen atoms in total. The molecule has 10 heteroatoms. The van der Waals surface area contributed by atoms with E-state index in [1.807, 2.05) is 0 Å². The number of aryl methyl sites for hydroxylation is 1. The van der Waals surface area contributed by atoms with Crippen molar-refractivity contribution in [2.45, 2.75) is 58.4 Å². The molecular formula is C27H31F3N4O3. The highest BCUT2D eigenvalue weighted by atomic mass is 19.4. The van der Waals surface area contributed by atoms with Crippen LogP contribution in [0, 0.1) is 12.8 Å². The molecule has 2 unspecified atom stereocenters. The second-order valence-electron chi connectivity index (χ2n) is 10.3. The van der Waals surface area contributed by atoms with Crippen LogP contribution in [-0.2, 0) is 6.18 Å². The third-order valence-corrected chi connectivity index (χ3v) is 6.99. The van der Waals surface area contributed by atoms with Gasteiger partial charge in [0.1, 0.15) is 5.82 Å². The van der Waals surface area contributed by atoms with Crippen molar-refractivity contribution in [2.75, 3.05) is 18.4 Å². The minimum atomic E-state index is -4.64. The predicted molar refractivity (Wildman–Crippen MR) is 136 cm³/mol. The van der Waals surface area contributed by atoms with E-state index in [-0.39, 0.29) is 34.1 Å². The number of H-pyrrole nitrogens is 1. The lowest BCUT2D eigenvalue weighted by atomic mass is 9.84. The Morgan fingerprint density at radius 2 is 1.89 bits per heavy atom. The standard InChI is InChI=1S/C27H31F3N4O3/c1-15(20-12-21-23(13-22(20)27(28,29)30)32-16(2)33-24(21)35)31-19-9-7-17(8-10-19)25(36)34-11-5-6-18(14-34)26(3,4)37/h7-10,12-13,15,18,31,37H,5-6,11,14H2,1-4H3,(H,32,33,35). The highest BCUT2D eigenvalue weighted by Gasteiger charge is 2.36. The molecule has 0 spiro atoms. The van der Waals surface area contributed by atoms with Crippen molar-refractivity contribution >= 4 is 22.5 Å². The van der Waals surface area contributed by atoms with Crippen LogP contribution in [0.1, 0.15) is 67.0 Å². The molecule has 1 aromatic heterocycles. The zero-order valence-electron chi connectivity index (χ0n) is 21.2. The third kappa shape index (κ3) is 5.79. The van der Waals surface area contributed by atoms with Crippen molar-refractivity contribution in [3.63, 3.8) is 0 Å². The summed E-state index contributed by atoms with van der Waals surface area (Å²) in [6.07, 6.45) is -2.98. The number of fused-ring (bicyclic) bond motifs is 1. The number of aliphatic hydroxyl groups is 1. The second kappa shape index (κ2) is 9.81. The lowest BCUT2D eigenvalue weighted by Crippen LogP contribution is -2.46. The minimum absolute atomic E-state index is 0.0110. The van der Waals surface area contributed by atoms with Crippen LogP contribution in [0.15, 0.2) is 41.2 Å². The number of hydrogen-bond acceptors (Lipinski definition) is 5. The van der Waals surface area contributed by atoms with Crippen LogP contribution in [0.5, 0.6) is 0 Å². The van der Waals surface area contributed by atoms with E-state index in [4.69, 9.17) is 0 Å². The molecule has 4 rings (SSSR count). The first-order valence-corrected chi connectivity index (χ1v) is 12.2. The van der Waals surface area contributed by atoms with Gasteiger partial charge < -0.3 is 20.3 Å². The molecule has 0 saturated carbocycles. The number of rotatable bonds is 5. The minimum Gasteiger partial charge on any atom is -0.390 e. The number of hydrogen-bond donors (Lipinski definition) is 3. The van der Waals surface area contributed by atoms with E-state index in [1.54, 1.807) is 49.9 Å². The lowest BCUT2D eigenvalue weighted by Gasteiger charge is -2.38. The normalized spacial score (nSPS) is 17.6. The molecule has 1 saturated heterocycles. The Morgan fingerprint density at radius 3 is 2.51 bits per heavy atom. The highest BCUT2D eigenvalue weighted by Crippen LogP contribution is 2.37. The molecule has 1 amide bonds. The van der Waals surface area contributed by atoms with Gasteiger partial charge in [-0.15, -0.1) is 0 Å². The fourth-order valence-corrected chi connectivity index (χ4v) is 4.88. The van der Waals surface area contributed by atoms with Crippen LogP contribution >= 0.6 is 0 Å². The number of amides is 1. The third-order valence-electron chi connectivity index (χ3n) is 6.99. The van der Waals surface area contributed by atoms with Crippen LogP contribution < -0.4 is 10.9 Å². The molecule has 3 N–H and O–H groups in total. The molecule has 2 aromatic carbocycles. The molecule has 0 radical (unpaired) electrons. The van der Waals surface area contributed by atoms with Gasteiger partial charge in [-0.05, 0) is 82.5 Å². The summed E-state index contributed by atoms with van der Waals surface area (Å²) >= 11 is 0. The zero-order chi connectivity index (χ0) is 27.1. The topological polar surface area (TPSA) is 98.3 Å². The van der Waals surface area contributed by atoms with Crippen LogP contribution in [0.2, 0.25) is 0 Å². The van der Waals surface area contributed by atoms with E-state index < -0.39 is 28.9 Å². The molecule has 0 aliphatic carbocycles. The number of piperidine rings is 1. The Balaban J connectivity index is 1.56. The van der Waals surface area contributed by atoms with Gasteiger partial charge in [0.25, 0.3) is 11.5 Å². The largest absolute Gasteiger partial charge is 0.416 e. The Kier molecular flexibility index (Phi) is 7.07. The summed E-state index contributed by atoms with van der Waals surface area (Å²) in [6.45, 7) is 7.67. The van der Waals surface area contributed by atoms with Crippen molar-refractivity contribution in [3.8, 4) is 0 Å². The number of anilines is 1. The number of aromatic nitrogens is 2. The lowest BCUT2D eigenvalue weighted by molar-refractivity contribution is -0.138. The number of carbonyl (C=O) groups excluding carboxylic acids is 1. The fourth-order valence-electron chi connectivity index (χ4n) is 4.88. The summed E-state index contributed by atoms with van der Waals surface area (Å²) in [4.78, 5) is 33.7. The van der Waals surface area contributed by atoms with Crippen molar-refractivity contribution in [1.82, 2.24) is 14.9 Å². The van der Waals surface area contributed by atoms with Crippen molar-refractivity contribution in [3.05, 3.63) is 69.3 Å². The van der Waals surface area contributed by atoms with Gasteiger partial charge in [0.15, 0.2) is 0 Å². The van der Waals surface area contributed by atoms with Crippen molar-refractivity contribution in [1.29, 1.82) is 0 Å². The summed E-state index contributed by atoms with van der Waals surface area (Å²) in [5, 5.41) is 13.5. The van der Waals surface area contributed by atoms with E-state index in [2.05, 4.69) is 15.3 Å². The van der Waals surface area contributed by atoms with Gasteiger partial charge in [-0.1, -0.05) is 0 Å². The summed E-state index contributed by atoms with van der Waals surface area (Å²) in [5.41, 5.74) is -1.35. The first-order valence-electron chi connectivity index (χ1n) is 12.2. The molecule has 1 aliphatic rings. The number of aromatic amines is 1. The Hall–Kier alpha value is -3.40. The molecule has 1 fully saturated rings. The maximum Gasteiger partial charge on any atom is 0.416 e. The molecule has 0 bridgehead atoms. The molecule has 2 heterocycles. The number of halogens is 3. The van der Waals surface area contributed by atoms with Gasteiger partial charge in [-0.2, -0.15) is 13.2 Å². The summed E-state index contributed by atoms with van der Waals surface area (Å²) in [6, 6.07) is 7.90. The van der Waals surface area contributed by atoms with Gasteiger partial charge >= 0.3 is 6.18 Å². The second-order valence-corrected chi connectivity index (χ2v) is 10.3. The van der Waals surface area contributed by atoms with Gasteiger partial charge in [-0.25, -0.2) is 4.98 Å². The quantitative estimate of drug-likeness (QED) is 0.441. The molecule has 198 valence electrons. The Bertz CT molecular complexity index is 1360. The number of carbonyl (C=O) groups is 1. The summed E-state index contributed by atoms with van der Waals surface area (Å²) in [5.74, 6) is 0.0758. The number of nitrogens with one attached hydrogen (secondary N) is 2. The molecule has 3 aromatic rings.